The lowest BCUT2D eigenvalue weighted by Gasteiger charge is -2.13. The molecular formula is C26H17N9O3. The lowest BCUT2D eigenvalue weighted by atomic mass is 10.0. The highest BCUT2D eigenvalue weighted by atomic mass is 16.3. The van der Waals surface area contributed by atoms with Gasteiger partial charge in [0.05, 0.1) is 23.1 Å². The molecule has 5 rings (SSSR count). The first kappa shape index (κ1) is 23.8. The summed E-state index contributed by atoms with van der Waals surface area (Å²) in [6.45, 7) is 0. The number of benzene rings is 3. The molecule has 0 radical (unpaired) electrons. The summed E-state index contributed by atoms with van der Waals surface area (Å²) >= 11 is 0. The summed E-state index contributed by atoms with van der Waals surface area (Å²) in [5.74, 6) is -0.838. The molecule has 0 aliphatic heterocycles. The second-order valence-corrected chi connectivity index (χ2v) is 7.76. The lowest BCUT2D eigenvalue weighted by molar-refractivity contribution is -0.105. The van der Waals surface area contributed by atoms with Crippen molar-refractivity contribution >= 4 is 46.0 Å². The van der Waals surface area contributed by atoms with Crippen LogP contribution in [-0.4, -0.2) is 37.2 Å². The summed E-state index contributed by atoms with van der Waals surface area (Å²) in [7, 11) is 0. The van der Waals surface area contributed by atoms with Crippen LogP contribution < -0.4 is 10.6 Å². The number of phenolic OH excluding ortho intramolecular Hbond substituents is 1. The van der Waals surface area contributed by atoms with E-state index in [0.29, 0.717) is 28.6 Å². The van der Waals surface area contributed by atoms with Gasteiger partial charge in [-0.05, 0) is 29.7 Å². The van der Waals surface area contributed by atoms with Gasteiger partial charge >= 0.3 is 0 Å². The summed E-state index contributed by atoms with van der Waals surface area (Å²) in [6.07, 6.45) is 4.83. The first-order chi connectivity index (χ1) is 18.6. The molecule has 0 aliphatic rings. The van der Waals surface area contributed by atoms with Crippen LogP contribution in [0.2, 0.25) is 0 Å². The molecule has 0 unspecified atom stereocenters. The first-order valence-electron chi connectivity index (χ1n) is 11.1. The van der Waals surface area contributed by atoms with Crippen LogP contribution in [0, 0.1) is 11.3 Å². The van der Waals surface area contributed by atoms with Crippen molar-refractivity contribution in [3.05, 3.63) is 90.4 Å². The molecule has 3 aromatic carbocycles. The van der Waals surface area contributed by atoms with E-state index in [0.717, 1.165) is 0 Å². The lowest BCUT2D eigenvalue weighted by Crippen LogP contribution is -2.13. The number of nitrogens with zero attached hydrogens (tertiary/aromatic N) is 7. The van der Waals surface area contributed by atoms with Crippen LogP contribution in [0.5, 0.6) is 5.75 Å². The Hall–Kier alpha value is -5.96. The predicted molar refractivity (Wildman–Crippen MR) is 138 cm³/mol. The summed E-state index contributed by atoms with van der Waals surface area (Å²) in [6, 6.07) is 18.8. The number of amides is 2. The Balaban J connectivity index is 1.60. The minimum absolute atomic E-state index is 0.0122. The normalized spacial score (nSPS) is 10.8. The van der Waals surface area contributed by atoms with Crippen molar-refractivity contribution in [1.82, 2.24) is 19.7 Å². The Kier molecular flexibility index (Phi) is 6.47. The Morgan fingerprint density at radius 3 is 2.53 bits per heavy atom. The van der Waals surface area contributed by atoms with Crippen molar-refractivity contribution in [2.24, 2.45) is 10.2 Å². The van der Waals surface area contributed by atoms with E-state index < -0.39 is 11.7 Å². The van der Waals surface area contributed by atoms with Gasteiger partial charge in [0.25, 0.3) is 11.9 Å². The van der Waals surface area contributed by atoms with Crippen LogP contribution in [0.25, 0.3) is 16.7 Å². The van der Waals surface area contributed by atoms with Gasteiger partial charge in [0.1, 0.15) is 17.3 Å². The number of phenols is 1. The van der Waals surface area contributed by atoms with Gasteiger partial charge in [-0.1, -0.05) is 36.4 Å². The highest BCUT2D eigenvalue weighted by molar-refractivity contribution is 6.12. The van der Waals surface area contributed by atoms with Crippen molar-refractivity contribution in [2.45, 2.75) is 0 Å². The van der Waals surface area contributed by atoms with E-state index in [1.54, 1.807) is 54.6 Å². The number of carbonyl (C=O) groups excluding carboxylic acids is 2. The quantitative estimate of drug-likeness (QED) is 0.215. The zero-order chi connectivity index (χ0) is 26.5. The van der Waals surface area contributed by atoms with Crippen LogP contribution in [0.4, 0.5) is 22.9 Å². The zero-order valence-electron chi connectivity index (χ0n) is 19.5. The number of aromatic nitrogens is 4. The number of hydrogen-bond donors (Lipinski definition) is 3. The van der Waals surface area contributed by atoms with Gasteiger partial charge < -0.3 is 15.7 Å². The molecule has 2 amide bonds. The fourth-order valence-corrected chi connectivity index (χ4v) is 3.72. The minimum Gasteiger partial charge on any atom is -0.505 e. The van der Waals surface area contributed by atoms with Crippen molar-refractivity contribution in [2.75, 3.05) is 10.6 Å². The predicted octanol–water partition coefficient (Wildman–Crippen LogP) is 4.63. The second kappa shape index (κ2) is 10.3. The van der Waals surface area contributed by atoms with Crippen LogP contribution in [0.15, 0.2) is 89.5 Å². The standard InChI is InChI=1S/C26H17N9O3/c27-13-17-14-31-35(26-28-10-5-11-29-26)24(17)34-33-22-18-7-2-1-6-16(18)12-19(23(22)37)25(38)32-21-9-4-3-8-20(21)30-15-36/h1-12,14-15,37H,(H,30,36)(H,32,38). The maximum atomic E-state index is 13.2. The molecule has 0 saturated carbocycles. The Labute approximate surface area is 214 Å². The van der Waals surface area contributed by atoms with E-state index in [2.05, 4.69) is 35.9 Å². The number of fused-ring (bicyclic) bond motifs is 1. The van der Waals surface area contributed by atoms with Gasteiger partial charge in [-0.15, -0.1) is 10.2 Å². The summed E-state index contributed by atoms with van der Waals surface area (Å²) in [5.41, 5.74) is 0.776. The van der Waals surface area contributed by atoms with Crippen molar-refractivity contribution in [3.8, 4) is 17.8 Å². The Morgan fingerprint density at radius 1 is 1.03 bits per heavy atom. The summed E-state index contributed by atoms with van der Waals surface area (Å²) in [4.78, 5) is 32.4. The largest absolute Gasteiger partial charge is 0.505 e. The molecule has 2 heterocycles. The molecule has 0 spiro atoms. The van der Waals surface area contributed by atoms with Gasteiger partial charge in [0, 0.05) is 17.8 Å². The smallest absolute Gasteiger partial charge is 0.259 e. The van der Waals surface area contributed by atoms with Crippen molar-refractivity contribution < 1.29 is 14.7 Å². The highest BCUT2D eigenvalue weighted by Gasteiger charge is 2.20. The number of hydrogen-bond acceptors (Lipinski definition) is 9. The molecule has 3 N–H and O–H groups in total. The molecule has 0 fully saturated rings. The van der Waals surface area contributed by atoms with E-state index in [1.807, 2.05) is 6.07 Å². The Morgan fingerprint density at radius 2 is 1.76 bits per heavy atom. The molecule has 5 aromatic rings. The van der Waals surface area contributed by atoms with Gasteiger partial charge in [-0.25, -0.2) is 9.97 Å². The van der Waals surface area contributed by atoms with Crippen LogP contribution in [0.3, 0.4) is 0 Å². The van der Waals surface area contributed by atoms with E-state index in [-0.39, 0.29) is 28.6 Å². The number of rotatable bonds is 7. The van der Waals surface area contributed by atoms with Crippen LogP contribution >= 0.6 is 0 Å². The summed E-state index contributed by atoms with van der Waals surface area (Å²) < 4.78 is 1.24. The zero-order valence-corrected chi connectivity index (χ0v) is 19.5. The van der Waals surface area contributed by atoms with E-state index >= 15 is 0 Å². The van der Waals surface area contributed by atoms with E-state index in [4.69, 9.17) is 0 Å². The highest BCUT2D eigenvalue weighted by Crippen LogP contribution is 2.40. The topological polar surface area (TPSA) is 171 Å². The van der Waals surface area contributed by atoms with Gasteiger partial charge in [-0.2, -0.15) is 15.0 Å². The molecule has 12 heteroatoms. The SMILES string of the molecule is N#Cc1cnn(-c2ncccn2)c1N=Nc1c(O)c(C(=O)Nc2ccccc2NC=O)cc2ccccc12. The molecule has 0 bridgehead atoms. The van der Waals surface area contributed by atoms with Crippen molar-refractivity contribution in [1.29, 1.82) is 5.26 Å². The second-order valence-electron chi connectivity index (χ2n) is 7.76. The molecule has 2 aromatic heterocycles. The molecule has 0 atom stereocenters. The van der Waals surface area contributed by atoms with Gasteiger partial charge in [-0.3, -0.25) is 9.59 Å². The minimum atomic E-state index is -0.634. The molecule has 12 nitrogen and oxygen atoms in total. The van der Waals surface area contributed by atoms with Crippen LogP contribution in [-0.2, 0) is 4.79 Å². The fourth-order valence-electron chi connectivity index (χ4n) is 3.72. The maximum absolute atomic E-state index is 13.2. The van der Waals surface area contributed by atoms with Crippen LogP contribution in [0.1, 0.15) is 15.9 Å². The number of anilines is 2. The van der Waals surface area contributed by atoms with Gasteiger partial charge in [0.15, 0.2) is 11.6 Å². The average Bonchev–Trinajstić information content (AvgIpc) is 3.37. The molecule has 38 heavy (non-hydrogen) atoms. The molecular weight excluding hydrogens is 486 g/mol. The van der Waals surface area contributed by atoms with Gasteiger partial charge in [0.2, 0.25) is 6.41 Å². The number of nitrogens with one attached hydrogen (secondary N) is 2. The van der Waals surface area contributed by atoms with Crippen molar-refractivity contribution in [3.63, 3.8) is 0 Å². The number of azo groups is 1. The monoisotopic (exact) mass is 503 g/mol. The third kappa shape index (κ3) is 4.50. The van der Waals surface area contributed by atoms with E-state index in [1.165, 1.54) is 29.3 Å². The number of aromatic hydroxyl groups is 1. The third-order valence-corrected chi connectivity index (χ3v) is 5.48. The average molecular weight is 503 g/mol. The van der Waals surface area contributed by atoms with E-state index in [9.17, 15) is 20.0 Å². The number of carbonyl (C=O) groups is 2. The molecule has 0 saturated heterocycles. The third-order valence-electron chi connectivity index (χ3n) is 5.48. The fraction of sp³-hybridized carbons (Fsp3) is 0. The number of nitriles is 1. The summed E-state index contributed by atoms with van der Waals surface area (Å²) in [5, 5.41) is 39.6. The maximum Gasteiger partial charge on any atom is 0.259 e. The molecule has 0 aliphatic carbocycles. The molecule has 184 valence electrons. The first-order valence-corrected chi connectivity index (χ1v) is 11.1. The Bertz CT molecular complexity index is 1740. The number of para-hydroxylation sites is 2.